The molecule has 0 fully saturated rings. The number of carboxylic acids is 1. The number of nitrogens with zero attached hydrogens (tertiary/aromatic N) is 4. The van der Waals surface area contributed by atoms with E-state index in [4.69, 9.17) is 0 Å². The molecular formula is C19H10F3N5O5S. The Hall–Kier alpha value is -4.20. The first kappa shape index (κ1) is 20.7. The Kier molecular flexibility index (Phi) is 4.49. The number of aromatic carboxylic acids is 1. The van der Waals surface area contributed by atoms with Crippen LogP contribution < -0.4 is 11.2 Å². The summed E-state index contributed by atoms with van der Waals surface area (Å²) in [6.45, 7) is -0.298. The number of thiophene rings is 1. The molecule has 0 radical (unpaired) electrons. The molecule has 33 heavy (non-hydrogen) atoms. The number of H-pyrrole nitrogens is 1. The van der Waals surface area contributed by atoms with Gasteiger partial charge in [0.1, 0.15) is 0 Å². The quantitative estimate of drug-likeness (QED) is 0.406. The summed E-state index contributed by atoms with van der Waals surface area (Å²) in [5.74, 6) is -1.54. The predicted molar refractivity (Wildman–Crippen MR) is 109 cm³/mol. The molecule has 0 unspecified atom stereocenters. The molecule has 168 valence electrons. The van der Waals surface area contributed by atoms with Gasteiger partial charge in [0.2, 0.25) is 6.39 Å². The van der Waals surface area contributed by atoms with Crippen molar-refractivity contribution in [2.45, 2.75) is 12.7 Å². The van der Waals surface area contributed by atoms with Crippen LogP contribution in [0.3, 0.4) is 0 Å². The summed E-state index contributed by atoms with van der Waals surface area (Å²) in [4.78, 5) is 44.5. The van der Waals surface area contributed by atoms with Crippen LogP contribution >= 0.6 is 11.3 Å². The highest BCUT2D eigenvalue weighted by atomic mass is 32.1. The molecule has 0 bridgehead atoms. The SMILES string of the molecule is O=C(O)c1c(-n2c(=O)[nH]c3cscc3c2=O)c2cc(C(F)(F)F)ccc2n1Cc1ncon1. The number of carboxylic acid groups (broad SMARTS) is 1. The van der Waals surface area contributed by atoms with Gasteiger partial charge in [0.15, 0.2) is 11.5 Å². The van der Waals surface area contributed by atoms with Crippen molar-refractivity contribution in [3.05, 3.63) is 73.3 Å². The third kappa shape index (κ3) is 3.22. The molecule has 0 aliphatic rings. The number of halogens is 3. The van der Waals surface area contributed by atoms with Crippen LogP contribution in [0.4, 0.5) is 13.2 Å². The third-order valence-corrected chi connectivity index (χ3v) is 5.78. The van der Waals surface area contributed by atoms with Gasteiger partial charge in [-0.15, -0.1) is 11.3 Å². The summed E-state index contributed by atoms with van der Waals surface area (Å²) in [7, 11) is 0. The second-order valence-corrected chi connectivity index (χ2v) is 7.68. The normalized spacial score (nSPS) is 12.1. The van der Waals surface area contributed by atoms with Gasteiger partial charge in [-0.25, -0.2) is 14.2 Å². The van der Waals surface area contributed by atoms with Crippen LogP contribution in [0.1, 0.15) is 21.9 Å². The van der Waals surface area contributed by atoms with E-state index in [2.05, 4.69) is 19.6 Å². The second-order valence-electron chi connectivity index (χ2n) is 6.94. The van der Waals surface area contributed by atoms with Crippen molar-refractivity contribution in [2.75, 3.05) is 0 Å². The van der Waals surface area contributed by atoms with Crippen molar-refractivity contribution < 1.29 is 27.6 Å². The van der Waals surface area contributed by atoms with Gasteiger partial charge in [-0.05, 0) is 18.2 Å². The Balaban J connectivity index is 1.95. The zero-order valence-corrected chi connectivity index (χ0v) is 16.9. The number of hydrogen-bond donors (Lipinski definition) is 2. The van der Waals surface area contributed by atoms with Gasteiger partial charge < -0.3 is 19.2 Å². The van der Waals surface area contributed by atoms with Gasteiger partial charge in [-0.1, -0.05) is 5.16 Å². The lowest BCUT2D eigenvalue weighted by Crippen LogP contribution is -2.34. The number of hydrogen-bond acceptors (Lipinski definition) is 7. The van der Waals surface area contributed by atoms with E-state index in [0.717, 1.165) is 34.4 Å². The first-order valence-corrected chi connectivity index (χ1v) is 10.0. The van der Waals surface area contributed by atoms with E-state index in [-0.39, 0.29) is 34.2 Å². The third-order valence-electron chi connectivity index (χ3n) is 5.04. The molecule has 10 nitrogen and oxygen atoms in total. The summed E-state index contributed by atoms with van der Waals surface area (Å²) in [5.41, 5.74) is -3.77. The second kappa shape index (κ2) is 7.16. The van der Waals surface area contributed by atoms with E-state index < -0.39 is 40.3 Å². The molecule has 1 aromatic carbocycles. The molecule has 14 heteroatoms. The molecule has 0 atom stereocenters. The van der Waals surface area contributed by atoms with E-state index in [0.29, 0.717) is 10.6 Å². The van der Waals surface area contributed by atoms with E-state index in [1.54, 1.807) is 0 Å². The van der Waals surface area contributed by atoms with Gasteiger partial charge in [0.25, 0.3) is 5.56 Å². The number of carbonyl (C=O) groups is 1. The zero-order valence-electron chi connectivity index (χ0n) is 16.1. The molecule has 4 heterocycles. The van der Waals surface area contributed by atoms with Crippen LogP contribution in [0.2, 0.25) is 0 Å². The van der Waals surface area contributed by atoms with E-state index in [1.165, 1.54) is 10.8 Å². The zero-order chi connectivity index (χ0) is 23.5. The number of rotatable bonds is 4. The van der Waals surface area contributed by atoms with Crippen molar-refractivity contribution in [1.29, 1.82) is 0 Å². The number of nitrogens with one attached hydrogen (secondary N) is 1. The maximum absolute atomic E-state index is 13.5. The Morgan fingerprint density at radius 3 is 2.67 bits per heavy atom. The highest BCUT2D eigenvalue weighted by molar-refractivity contribution is 7.09. The average Bonchev–Trinajstić information content (AvgIpc) is 3.47. The summed E-state index contributed by atoms with van der Waals surface area (Å²) < 4.78 is 46.7. The summed E-state index contributed by atoms with van der Waals surface area (Å²) in [6.07, 6.45) is -3.75. The Morgan fingerprint density at radius 2 is 2.00 bits per heavy atom. The molecule has 0 aliphatic heterocycles. The lowest BCUT2D eigenvalue weighted by atomic mass is 10.1. The molecule has 2 N–H and O–H groups in total. The van der Waals surface area contributed by atoms with Gasteiger partial charge in [-0.2, -0.15) is 18.2 Å². The van der Waals surface area contributed by atoms with Crippen LogP contribution in [0, 0.1) is 0 Å². The van der Waals surface area contributed by atoms with Gasteiger partial charge in [0.05, 0.1) is 34.2 Å². The molecule has 0 aliphatic carbocycles. The van der Waals surface area contributed by atoms with Crippen LogP contribution in [-0.4, -0.2) is 35.3 Å². The standard InChI is InChI=1S/C19H10F3N5O5S/c20-19(21,22)8-1-2-12-9(3-8)14(15(17(29)30)26(12)4-13-23-7-32-25-13)27-16(28)10-5-33-6-11(10)24-18(27)31/h1-3,5-7H,4H2,(H,24,31)(H,29,30). The fourth-order valence-corrected chi connectivity index (χ4v) is 4.42. The molecule has 5 aromatic rings. The highest BCUT2D eigenvalue weighted by Gasteiger charge is 2.33. The number of fused-ring (bicyclic) bond motifs is 2. The minimum absolute atomic E-state index is 0.0249. The first-order valence-electron chi connectivity index (χ1n) is 9.10. The minimum atomic E-state index is -4.75. The Morgan fingerprint density at radius 1 is 1.21 bits per heavy atom. The number of alkyl halides is 3. The van der Waals surface area contributed by atoms with Crippen LogP contribution in [0.25, 0.3) is 27.5 Å². The maximum Gasteiger partial charge on any atom is 0.416 e. The fourth-order valence-electron chi connectivity index (χ4n) is 3.67. The molecule has 0 saturated carbocycles. The fraction of sp³-hybridized carbons (Fsp3) is 0.105. The average molecular weight is 477 g/mol. The molecule has 5 rings (SSSR count). The monoisotopic (exact) mass is 477 g/mol. The molecule has 0 saturated heterocycles. The molecule has 0 spiro atoms. The van der Waals surface area contributed by atoms with Crippen LogP contribution in [0.15, 0.2) is 49.5 Å². The summed E-state index contributed by atoms with van der Waals surface area (Å²) in [6, 6.07) is 2.55. The van der Waals surface area contributed by atoms with E-state index in [1.807, 2.05) is 0 Å². The lowest BCUT2D eigenvalue weighted by Gasteiger charge is -2.08. The van der Waals surface area contributed by atoms with Crippen molar-refractivity contribution in [1.82, 2.24) is 24.3 Å². The topological polar surface area (TPSA) is 136 Å². The van der Waals surface area contributed by atoms with Crippen LogP contribution in [-0.2, 0) is 12.7 Å². The summed E-state index contributed by atoms with van der Waals surface area (Å²) in [5, 5.41) is 16.4. The summed E-state index contributed by atoms with van der Waals surface area (Å²) >= 11 is 1.13. The van der Waals surface area contributed by atoms with E-state index in [9.17, 15) is 32.7 Å². The minimum Gasteiger partial charge on any atom is -0.477 e. The Labute approximate surface area is 183 Å². The van der Waals surface area contributed by atoms with Gasteiger partial charge in [0, 0.05) is 16.1 Å². The van der Waals surface area contributed by atoms with Gasteiger partial charge >= 0.3 is 17.8 Å². The van der Waals surface area contributed by atoms with E-state index >= 15 is 0 Å². The van der Waals surface area contributed by atoms with Crippen molar-refractivity contribution in [3.8, 4) is 5.69 Å². The molecule has 0 amide bonds. The first-order chi connectivity index (χ1) is 15.7. The highest BCUT2D eigenvalue weighted by Crippen LogP contribution is 2.36. The van der Waals surface area contributed by atoms with Crippen molar-refractivity contribution >= 4 is 39.1 Å². The number of aromatic amines is 1. The van der Waals surface area contributed by atoms with Crippen LogP contribution in [0.5, 0.6) is 0 Å². The van der Waals surface area contributed by atoms with Crippen molar-refractivity contribution in [3.63, 3.8) is 0 Å². The number of benzene rings is 1. The predicted octanol–water partition coefficient (Wildman–Crippen LogP) is 2.84. The lowest BCUT2D eigenvalue weighted by molar-refractivity contribution is -0.137. The smallest absolute Gasteiger partial charge is 0.416 e. The molecule has 4 aromatic heterocycles. The van der Waals surface area contributed by atoms with Gasteiger partial charge in [-0.3, -0.25) is 4.79 Å². The maximum atomic E-state index is 13.5. The van der Waals surface area contributed by atoms with Crippen molar-refractivity contribution in [2.24, 2.45) is 0 Å². The molecular weight excluding hydrogens is 467 g/mol. The number of aromatic nitrogens is 5. The largest absolute Gasteiger partial charge is 0.477 e. The Bertz CT molecular complexity index is 1660.